The van der Waals surface area contributed by atoms with Crippen LogP contribution in [0.4, 0.5) is 28.4 Å². The molecule has 2 aromatic heterocycles. The lowest BCUT2D eigenvalue weighted by atomic mass is 9.85. The van der Waals surface area contributed by atoms with E-state index >= 15 is 0 Å². The number of para-hydroxylation sites is 3. The van der Waals surface area contributed by atoms with Gasteiger partial charge in [0.15, 0.2) is 0 Å². The van der Waals surface area contributed by atoms with Crippen molar-refractivity contribution in [1.29, 1.82) is 0 Å². The summed E-state index contributed by atoms with van der Waals surface area (Å²) in [7, 11) is 0. The Bertz CT molecular complexity index is 3500. The molecule has 2 aliphatic heterocycles. The summed E-state index contributed by atoms with van der Waals surface area (Å²) >= 11 is 0. The number of rotatable bonds is 4. The summed E-state index contributed by atoms with van der Waals surface area (Å²) in [4.78, 5) is 15.6. The highest BCUT2D eigenvalue weighted by Crippen LogP contribution is 2.51. The van der Waals surface area contributed by atoms with Gasteiger partial charge in [-0.25, -0.2) is 0 Å². The van der Waals surface area contributed by atoms with Crippen molar-refractivity contribution in [2.75, 3.05) is 9.80 Å². The van der Waals surface area contributed by atoms with Crippen molar-refractivity contribution < 1.29 is 0 Å². The first-order valence-corrected chi connectivity index (χ1v) is 21.7. The normalized spacial score (nSPS) is 14.3. The van der Waals surface area contributed by atoms with Crippen LogP contribution in [0.25, 0.3) is 65.6 Å². The van der Waals surface area contributed by atoms with Gasteiger partial charge in [-0.1, -0.05) is 127 Å². The average molecular weight is 793 g/mol. The van der Waals surface area contributed by atoms with Gasteiger partial charge in [-0.15, -0.1) is 0 Å². The largest absolute Gasteiger partial charge is 0.314 e. The summed E-state index contributed by atoms with van der Waals surface area (Å²) in [5.74, 6) is 0. The molecule has 1 aliphatic carbocycles. The van der Waals surface area contributed by atoms with Gasteiger partial charge in [0.05, 0.1) is 11.4 Å². The molecule has 0 radical (unpaired) electrons. The molecule has 62 heavy (non-hydrogen) atoms. The third-order valence-corrected chi connectivity index (χ3v) is 13.4. The Labute approximate surface area is 360 Å². The van der Waals surface area contributed by atoms with E-state index in [0.29, 0.717) is 0 Å². The maximum Gasteiger partial charge on any atom is 0.0792 e. The molecule has 0 bridgehead atoms. The van der Waals surface area contributed by atoms with Crippen molar-refractivity contribution in [1.82, 2.24) is 9.97 Å². The van der Waals surface area contributed by atoms with E-state index < -0.39 is 0 Å². The molecule has 3 aliphatic rings. The molecule has 0 fully saturated rings. The second-order valence-corrected chi connectivity index (χ2v) is 16.8. The molecule has 4 nitrogen and oxygen atoms in total. The Balaban J connectivity index is 1.18. The van der Waals surface area contributed by atoms with E-state index in [-0.39, 0.29) is 0 Å². The Morgan fingerprint density at radius 3 is 1.47 bits per heavy atom. The molecule has 0 unspecified atom stereocenters. The van der Waals surface area contributed by atoms with Crippen LogP contribution in [-0.4, -0.2) is 9.97 Å². The van der Waals surface area contributed by atoms with Crippen molar-refractivity contribution in [3.63, 3.8) is 0 Å². The molecule has 0 atom stereocenters. The zero-order chi connectivity index (χ0) is 40.7. The van der Waals surface area contributed by atoms with Crippen LogP contribution in [0, 0.1) is 0 Å². The first kappa shape index (κ1) is 35.0. The van der Waals surface area contributed by atoms with Gasteiger partial charge in [-0.3, -0.25) is 9.97 Å². The zero-order valence-electron chi connectivity index (χ0n) is 34.1. The SMILES string of the molecule is C1=CC2=C(CC1)N(c1ccc3c(-c4nccc5ccccc45)c4cc(N5c6ccccc6Cc6ccccc65)ccc4c(-c4nccc5ccccc45)c3c1)c1ccccc1C2. The Morgan fingerprint density at radius 2 is 0.887 bits per heavy atom. The molecule has 0 N–H and O–H groups in total. The molecule has 4 heterocycles. The third-order valence-electron chi connectivity index (χ3n) is 13.4. The van der Waals surface area contributed by atoms with Crippen LogP contribution in [0.15, 0.2) is 206 Å². The summed E-state index contributed by atoms with van der Waals surface area (Å²) in [6.45, 7) is 0. The summed E-state index contributed by atoms with van der Waals surface area (Å²) in [6.07, 6.45) is 12.5. The van der Waals surface area contributed by atoms with E-state index in [4.69, 9.17) is 9.97 Å². The summed E-state index contributed by atoms with van der Waals surface area (Å²) in [6, 6.07) is 62.5. The molecule has 0 saturated carbocycles. The minimum atomic E-state index is 0.904. The van der Waals surface area contributed by atoms with Crippen LogP contribution in [0.5, 0.6) is 0 Å². The maximum atomic E-state index is 5.29. The number of hydrogen-bond acceptors (Lipinski definition) is 4. The van der Waals surface area contributed by atoms with E-state index in [1.807, 2.05) is 12.4 Å². The molecule has 292 valence electrons. The lowest BCUT2D eigenvalue weighted by Gasteiger charge is -2.36. The summed E-state index contributed by atoms with van der Waals surface area (Å²) in [5, 5.41) is 9.18. The van der Waals surface area contributed by atoms with Gasteiger partial charge in [-0.05, 0) is 122 Å². The standard InChI is InChI=1S/C58H40N4/c1-7-19-45-37(13-1)29-31-59-57(45)55-47-27-25-44(62-53-23-11-5-17-41(53)34-42-18-6-12-24-54(42)62)36-50(47)56(58-46-20-8-2-14-38(46)30-32-60-58)48-28-26-43(35-49(48)55)61-51-21-9-3-15-39(51)33-40-16-4-10-22-52(40)61/h1-11,13-23,25-32,35-36H,12,24,33-34H2. The van der Waals surface area contributed by atoms with E-state index in [9.17, 15) is 0 Å². The van der Waals surface area contributed by atoms with Gasteiger partial charge in [0.2, 0.25) is 0 Å². The van der Waals surface area contributed by atoms with E-state index in [0.717, 1.165) is 91.9 Å². The highest BCUT2D eigenvalue weighted by Gasteiger charge is 2.29. The van der Waals surface area contributed by atoms with Crippen LogP contribution in [0.2, 0.25) is 0 Å². The Hall–Kier alpha value is -7.82. The third kappa shape index (κ3) is 5.33. The molecule has 4 heteroatoms. The predicted octanol–water partition coefficient (Wildman–Crippen LogP) is 15.1. The van der Waals surface area contributed by atoms with Crippen LogP contribution >= 0.6 is 0 Å². The molecule has 10 aromatic rings. The summed E-state index contributed by atoms with van der Waals surface area (Å²) < 4.78 is 0. The van der Waals surface area contributed by atoms with Crippen molar-refractivity contribution in [2.24, 2.45) is 0 Å². The second-order valence-electron chi connectivity index (χ2n) is 16.8. The number of nitrogens with zero attached hydrogens (tertiary/aromatic N) is 4. The van der Waals surface area contributed by atoms with Crippen molar-refractivity contribution in [2.45, 2.75) is 25.7 Å². The molecular weight excluding hydrogens is 753 g/mol. The van der Waals surface area contributed by atoms with Crippen LogP contribution < -0.4 is 9.80 Å². The molecule has 13 rings (SSSR count). The number of anilines is 5. The topological polar surface area (TPSA) is 32.3 Å². The van der Waals surface area contributed by atoms with Gasteiger partial charge in [-0.2, -0.15) is 0 Å². The van der Waals surface area contributed by atoms with Gasteiger partial charge in [0, 0.05) is 81.3 Å². The number of fused-ring (bicyclic) bond motifs is 7. The van der Waals surface area contributed by atoms with Gasteiger partial charge in [0.1, 0.15) is 0 Å². The highest BCUT2D eigenvalue weighted by atomic mass is 15.2. The van der Waals surface area contributed by atoms with Crippen molar-refractivity contribution in [3.05, 3.63) is 222 Å². The number of allylic oxidation sites excluding steroid dienone is 4. The fourth-order valence-electron chi connectivity index (χ4n) is 10.6. The lowest BCUT2D eigenvalue weighted by Crippen LogP contribution is -2.24. The fourth-order valence-corrected chi connectivity index (χ4v) is 10.6. The van der Waals surface area contributed by atoms with Crippen LogP contribution in [0.1, 0.15) is 29.5 Å². The minimum absolute atomic E-state index is 0.904. The van der Waals surface area contributed by atoms with Crippen molar-refractivity contribution in [3.8, 4) is 22.5 Å². The van der Waals surface area contributed by atoms with E-state index in [1.54, 1.807) is 0 Å². The fraction of sp³-hybridized carbons (Fsp3) is 0.0690. The highest BCUT2D eigenvalue weighted by molar-refractivity contribution is 6.25. The van der Waals surface area contributed by atoms with Crippen LogP contribution in [-0.2, 0) is 12.8 Å². The second kappa shape index (κ2) is 13.9. The average Bonchev–Trinajstić information content (AvgIpc) is 3.33. The van der Waals surface area contributed by atoms with Gasteiger partial charge in [0.25, 0.3) is 0 Å². The van der Waals surface area contributed by atoms with Gasteiger partial charge >= 0.3 is 0 Å². The molecule has 0 spiro atoms. The quantitative estimate of drug-likeness (QED) is 0.166. The first-order valence-electron chi connectivity index (χ1n) is 21.7. The van der Waals surface area contributed by atoms with Gasteiger partial charge < -0.3 is 9.80 Å². The number of hydrogen-bond donors (Lipinski definition) is 0. The molecule has 0 saturated heterocycles. The Morgan fingerprint density at radius 1 is 0.403 bits per heavy atom. The molecule has 0 amide bonds. The van der Waals surface area contributed by atoms with E-state index in [2.05, 4.69) is 192 Å². The van der Waals surface area contributed by atoms with E-state index in [1.165, 1.54) is 55.8 Å². The zero-order valence-corrected chi connectivity index (χ0v) is 34.1. The first-order chi connectivity index (χ1) is 30.8. The monoisotopic (exact) mass is 792 g/mol. The maximum absolute atomic E-state index is 5.29. The summed E-state index contributed by atoms with van der Waals surface area (Å²) in [5.41, 5.74) is 16.9. The lowest BCUT2D eigenvalue weighted by molar-refractivity contribution is 0.859. The Kier molecular flexibility index (Phi) is 7.83. The number of benzene rings is 8. The van der Waals surface area contributed by atoms with Crippen LogP contribution in [0.3, 0.4) is 0 Å². The molecular formula is C58H40N4. The number of aromatic nitrogens is 2. The smallest absolute Gasteiger partial charge is 0.0792 e. The predicted molar refractivity (Wildman–Crippen MR) is 258 cm³/mol. The minimum Gasteiger partial charge on any atom is -0.314 e. The van der Waals surface area contributed by atoms with Crippen molar-refractivity contribution >= 4 is 71.5 Å². The molecule has 8 aromatic carbocycles. The number of pyridine rings is 2.